The third-order valence-corrected chi connectivity index (χ3v) is 3.87. The maximum atomic E-state index is 12.0. The van der Waals surface area contributed by atoms with Crippen molar-refractivity contribution in [2.75, 3.05) is 6.54 Å². The molecule has 1 amide bonds. The van der Waals surface area contributed by atoms with Crippen molar-refractivity contribution in [3.05, 3.63) is 41.5 Å². The molecule has 1 aromatic rings. The molecule has 2 rings (SSSR count). The highest BCUT2D eigenvalue weighted by Crippen LogP contribution is 2.19. The van der Waals surface area contributed by atoms with Crippen LogP contribution in [0.15, 0.2) is 35.9 Å². The summed E-state index contributed by atoms with van der Waals surface area (Å²) >= 11 is 0. The molecule has 1 aliphatic carbocycles. The number of phenolic OH excluding ortho intramolecular Hbond substituents is 1. The lowest BCUT2D eigenvalue weighted by atomic mass is 9.97. The Bertz CT molecular complexity index is 594. The zero-order chi connectivity index (χ0) is 16.7. The molecule has 23 heavy (non-hydrogen) atoms. The summed E-state index contributed by atoms with van der Waals surface area (Å²) in [6.45, 7) is 2.09. The van der Waals surface area contributed by atoms with Crippen molar-refractivity contribution >= 4 is 11.9 Å². The number of amides is 1. The van der Waals surface area contributed by atoms with Gasteiger partial charge in [-0.2, -0.15) is 0 Å². The van der Waals surface area contributed by atoms with Gasteiger partial charge in [0, 0.05) is 6.54 Å². The molecule has 5 nitrogen and oxygen atoms in total. The molecule has 0 spiro atoms. The van der Waals surface area contributed by atoms with E-state index in [2.05, 4.69) is 11.4 Å². The Morgan fingerprint density at radius 1 is 1.35 bits per heavy atom. The zero-order valence-electron chi connectivity index (χ0n) is 13.4. The van der Waals surface area contributed by atoms with Gasteiger partial charge >= 0.3 is 5.97 Å². The van der Waals surface area contributed by atoms with Crippen LogP contribution in [0.25, 0.3) is 0 Å². The number of nitrogens with one attached hydrogen (secondary N) is 1. The summed E-state index contributed by atoms with van der Waals surface area (Å²) in [7, 11) is 0. The van der Waals surface area contributed by atoms with Gasteiger partial charge in [0.25, 0.3) is 5.91 Å². The van der Waals surface area contributed by atoms with Gasteiger partial charge in [0.15, 0.2) is 6.10 Å². The van der Waals surface area contributed by atoms with Crippen LogP contribution in [-0.2, 0) is 9.53 Å². The fourth-order valence-corrected chi connectivity index (χ4v) is 2.54. The van der Waals surface area contributed by atoms with Gasteiger partial charge in [-0.15, -0.1) is 0 Å². The molecule has 0 unspecified atom stereocenters. The molecule has 0 radical (unpaired) electrons. The minimum atomic E-state index is -0.870. The number of esters is 1. The maximum Gasteiger partial charge on any atom is 0.339 e. The van der Waals surface area contributed by atoms with Crippen molar-refractivity contribution in [2.24, 2.45) is 0 Å². The van der Waals surface area contributed by atoms with E-state index < -0.39 is 12.1 Å². The average Bonchev–Trinajstić information content (AvgIpc) is 2.55. The molecule has 1 aromatic carbocycles. The second kappa shape index (κ2) is 8.36. The van der Waals surface area contributed by atoms with Gasteiger partial charge in [-0.1, -0.05) is 17.7 Å². The standard InChI is InChI=1S/C18H23NO4/c1-13(23-18(22)15-8-5-9-16(20)12-15)17(21)19-11-10-14-6-3-2-4-7-14/h5-6,8-9,12-13,20H,2-4,7,10-11H2,1H3,(H,19,21)/t13-/m0/s1. The monoisotopic (exact) mass is 317 g/mol. The molecule has 1 aliphatic rings. The van der Waals surface area contributed by atoms with E-state index in [1.807, 2.05) is 0 Å². The summed E-state index contributed by atoms with van der Waals surface area (Å²) in [4.78, 5) is 23.9. The number of aromatic hydroxyl groups is 1. The lowest BCUT2D eigenvalue weighted by molar-refractivity contribution is -0.129. The van der Waals surface area contributed by atoms with E-state index in [9.17, 15) is 14.7 Å². The Balaban J connectivity index is 1.76. The third kappa shape index (κ3) is 5.43. The smallest absolute Gasteiger partial charge is 0.339 e. The molecule has 0 saturated carbocycles. The average molecular weight is 317 g/mol. The fraction of sp³-hybridized carbons (Fsp3) is 0.444. The number of phenols is 1. The van der Waals surface area contributed by atoms with Gasteiger partial charge in [0.1, 0.15) is 5.75 Å². The van der Waals surface area contributed by atoms with Gasteiger partial charge < -0.3 is 15.2 Å². The Morgan fingerprint density at radius 3 is 2.87 bits per heavy atom. The lowest BCUT2D eigenvalue weighted by Gasteiger charge is -2.15. The van der Waals surface area contributed by atoms with Gasteiger partial charge in [0.2, 0.25) is 0 Å². The van der Waals surface area contributed by atoms with E-state index in [0.717, 1.165) is 19.3 Å². The molecule has 2 N–H and O–H groups in total. The molecule has 0 aliphatic heterocycles. The van der Waals surface area contributed by atoms with Crippen LogP contribution < -0.4 is 5.32 Å². The number of carbonyl (C=O) groups is 2. The fourth-order valence-electron chi connectivity index (χ4n) is 2.54. The van der Waals surface area contributed by atoms with Crippen LogP contribution in [0.5, 0.6) is 5.75 Å². The van der Waals surface area contributed by atoms with Crippen molar-refractivity contribution in [1.29, 1.82) is 0 Å². The highest BCUT2D eigenvalue weighted by molar-refractivity contribution is 5.92. The summed E-state index contributed by atoms with van der Waals surface area (Å²) in [6, 6.07) is 5.85. The van der Waals surface area contributed by atoms with Crippen LogP contribution in [0.2, 0.25) is 0 Å². The van der Waals surface area contributed by atoms with Crippen LogP contribution in [0.3, 0.4) is 0 Å². The van der Waals surface area contributed by atoms with Crippen molar-refractivity contribution in [2.45, 2.75) is 45.1 Å². The maximum absolute atomic E-state index is 12.0. The number of benzene rings is 1. The molecule has 0 bridgehead atoms. The van der Waals surface area contributed by atoms with Gasteiger partial charge in [-0.05, 0) is 57.2 Å². The van der Waals surface area contributed by atoms with Crippen LogP contribution >= 0.6 is 0 Å². The second-order valence-electron chi connectivity index (χ2n) is 5.75. The third-order valence-electron chi connectivity index (χ3n) is 3.87. The van der Waals surface area contributed by atoms with Crippen molar-refractivity contribution < 1.29 is 19.4 Å². The van der Waals surface area contributed by atoms with E-state index >= 15 is 0 Å². The predicted molar refractivity (Wildman–Crippen MR) is 87.2 cm³/mol. The van der Waals surface area contributed by atoms with Crippen molar-refractivity contribution in [3.63, 3.8) is 0 Å². The molecule has 5 heteroatoms. The first-order valence-corrected chi connectivity index (χ1v) is 8.02. The SMILES string of the molecule is C[C@H](OC(=O)c1cccc(O)c1)C(=O)NCCC1=CCCCC1. The first-order valence-electron chi connectivity index (χ1n) is 8.02. The molecule has 0 saturated heterocycles. The van der Waals surface area contributed by atoms with E-state index in [1.54, 1.807) is 6.07 Å². The quantitative estimate of drug-likeness (QED) is 0.625. The predicted octanol–water partition coefficient (Wildman–Crippen LogP) is 2.94. The first kappa shape index (κ1) is 17.1. The Kier molecular flexibility index (Phi) is 6.20. The van der Waals surface area contributed by atoms with Crippen molar-refractivity contribution in [1.82, 2.24) is 5.32 Å². The van der Waals surface area contributed by atoms with E-state index in [-0.39, 0.29) is 17.2 Å². The van der Waals surface area contributed by atoms with Crippen LogP contribution in [0.1, 0.15) is 49.4 Å². The summed E-state index contributed by atoms with van der Waals surface area (Å²) in [5, 5.41) is 12.1. The largest absolute Gasteiger partial charge is 0.508 e. The Labute approximate surface area is 136 Å². The summed E-state index contributed by atoms with van der Waals surface area (Å²) < 4.78 is 5.12. The van der Waals surface area contributed by atoms with E-state index in [0.29, 0.717) is 6.54 Å². The van der Waals surface area contributed by atoms with Crippen molar-refractivity contribution in [3.8, 4) is 5.75 Å². The van der Waals surface area contributed by atoms with Crippen LogP contribution in [0, 0.1) is 0 Å². The van der Waals surface area contributed by atoms with E-state index in [1.165, 1.54) is 43.5 Å². The summed E-state index contributed by atoms with van der Waals surface area (Å²) in [5.74, 6) is -0.953. The zero-order valence-corrected chi connectivity index (χ0v) is 13.4. The normalized spacial score (nSPS) is 15.4. The second-order valence-corrected chi connectivity index (χ2v) is 5.75. The summed E-state index contributed by atoms with van der Waals surface area (Å²) in [6.07, 6.45) is 6.93. The van der Waals surface area contributed by atoms with Gasteiger partial charge in [0.05, 0.1) is 5.56 Å². The van der Waals surface area contributed by atoms with Crippen LogP contribution in [-0.4, -0.2) is 29.6 Å². The van der Waals surface area contributed by atoms with Crippen LogP contribution in [0.4, 0.5) is 0 Å². The number of hydrogen-bond acceptors (Lipinski definition) is 4. The first-order chi connectivity index (χ1) is 11.1. The Hall–Kier alpha value is -2.30. The molecule has 124 valence electrons. The molecule has 1 atom stereocenters. The minimum absolute atomic E-state index is 0.0164. The molecular weight excluding hydrogens is 294 g/mol. The molecular formula is C18H23NO4. The number of rotatable bonds is 6. The van der Waals surface area contributed by atoms with Gasteiger partial charge in [-0.25, -0.2) is 4.79 Å². The topological polar surface area (TPSA) is 75.6 Å². The number of ether oxygens (including phenoxy) is 1. The number of hydrogen-bond donors (Lipinski definition) is 2. The minimum Gasteiger partial charge on any atom is -0.508 e. The Morgan fingerprint density at radius 2 is 2.17 bits per heavy atom. The number of carbonyl (C=O) groups excluding carboxylic acids is 2. The highest BCUT2D eigenvalue weighted by Gasteiger charge is 2.18. The van der Waals surface area contributed by atoms with Gasteiger partial charge in [-0.3, -0.25) is 4.79 Å². The number of allylic oxidation sites excluding steroid dienone is 1. The lowest BCUT2D eigenvalue weighted by Crippen LogP contribution is -2.36. The molecule has 0 fully saturated rings. The highest BCUT2D eigenvalue weighted by atomic mass is 16.5. The summed E-state index contributed by atoms with van der Waals surface area (Å²) in [5.41, 5.74) is 1.61. The molecule has 0 aromatic heterocycles. The van der Waals surface area contributed by atoms with E-state index in [4.69, 9.17) is 4.74 Å². The molecule has 0 heterocycles.